The second-order valence-electron chi connectivity index (χ2n) is 4.25. The Bertz CT molecular complexity index is 505. The first-order valence-corrected chi connectivity index (χ1v) is 5.58. The summed E-state index contributed by atoms with van der Waals surface area (Å²) in [4.78, 5) is 10.5. The number of hydrogen-bond donors (Lipinski definition) is 0. The molecule has 0 bridgehead atoms. The van der Waals surface area contributed by atoms with E-state index in [1.54, 1.807) is 6.33 Å². The molecule has 1 atom stereocenters. The Labute approximate surface area is 101 Å². The number of nitrogens with zero attached hydrogens (tertiary/aromatic N) is 5. The molecule has 5 nitrogen and oxygen atoms in total. The van der Waals surface area contributed by atoms with Crippen molar-refractivity contribution in [2.75, 3.05) is 11.9 Å². The normalized spacial score (nSPS) is 12.5. The van der Waals surface area contributed by atoms with Crippen molar-refractivity contribution in [2.24, 2.45) is 7.05 Å². The molecule has 2 aromatic rings. The van der Waals surface area contributed by atoms with Crippen LogP contribution in [0.15, 0.2) is 24.8 Å². The van der Waals surface area contributed by atoms with Gasteiger partial charge in [-0.1, -0.05) is 0 Å². The monoisotopic (exact) mass is 231 g/mol. The highest BCUT2D eigenvalue weighted by atomic mass is 15.3. The van der Waals surface area contributed by atoms with Gasteiger partial charge in [-0.3, -0.25) is 4.68 Å². The van der Waals surface area contributed by atoms with Crippen LogP contribution < -0.4 is 4.90 Å². The minimum atomic E-state index is 0.234. The van der Waals surface area contributed by atoms with Crippen LogP contribution in [0, 0.1) is 6.92 Å². The topological polar surface area (TPSA) is 46.8 Å². The molecule has 0 aromatic carbocycles. The third kappa shape index (κ3) is 2.43. The number of anilines is 1. The predicted octanol–water partition coefficient (Wildman–Crippen LogP) is 1.72. The average Bonchev–Trinajstić information content (AvgIpc) is 2.74. The quantitative estimate of drug-likeness (QED) is 0.807. The highest BCUT2D eigenvalue weighted by Gasteiger charge is 2.14. The molecule has 0 aliphatic rings. The Kier molecular flexibility index (Phi) is 3.08. The van der Waals surface area contributed by atoms with Gasteiger partial charge in [0.05, 0.1) is 12.2 Å². The summed E-state index contributed by atoms with van der Waals surface area (Å²) >= 11 is 0. The van der Waals surface area contributed by atoms with Crippen molar-refractivity contribution in [2.45, 2.75) is 19.9 Å². The van der Waals surface area contributed by atoms with Crippen LogP contribution in [0.2, 0.25) is 0 Å². The van der Waals surface area contributed by atoms with Crippen molar-refractivity contribution in [1.29, 1.82) is 0 Å². The van der Waals surface area contributed by atoms with Gasteiger partial charge in [0, 0.05) is 37.6 Å². The predicted molar refractivity (Wildman–Crippen MR) is 66.8 cm³/mol. The zero-order valence-corrected chi connectivity index (χ0v) is 10.6. The molecule has 90 valence electrons. The summed E-state index contributed by atoms with van der Waals surface area (Å²) in [5, 5.41) is 4.19. The SMILES string of the molecule is Cc1cc(N(C)[C@H](C)c2cnn(C)c2)ncn1. The van der Waals surface area contributed by atoms with Gasteiger partial charge in [-0.2, -0.15) is 5.10 Å². The van der Waals surface area contributed by atoms with E-state index in [0.29, 0.717) is 0 Å². The Hall–Kier alpha value is -1.91. The van der Waals surface area contributed by atoms with Gasteiger partial charge in [-0.25, -0.2) is 9.97 Å². The van der Waals surface area contributed by atoms with Crippen molar-refractivity contribution < 1.29 is 0 Å². The third-order valence-electron chi connectivity index (χ3n) is 2.94. The lowest BCUT2D eigenvalue weighted by Gasteiger charge is -2.25. The molecule has 0 amide bonds. The van der Waals surface area contributed by atoms with E-state index in [4.69, 9.17) is 0 Å². The van der Waals surface area contributed by atoms with Crippen molar-refractivity contribution in [1.82, 2.24) is 19.7 Å². The van der Waals surface area contributed by atoms with Gasteiger partial charge in [-0.15, -0.1) is 0 Å². The van der Waals surface area contributed by atoms with Crippen molar-refractivity contribution >= 4 is 5.82 Å². The minimum Gasteiger partial charge on any atom is -0.353 e. The summed E-state index contributed by atoms with van der Waals surface area (Å²) in [7, 11) is 3.95. The van der Waals surface area contributed by atoms with Crippen molar-refractivity contribution in [3.05, 3.63) is 36.0 Å². The van der Waals surface area contributed by atoms with E-state index in [1.165, 1.54) is 5.56 Å². The Morgan fingerprint density at radius 3 is 2.71 bits per heavy atom. The number of rotatable bonds is 3. The number of aromatic nitrogens is 4. The number of hydrogen-bond acceptors (Lipinski definition) is 4. The molecule has 0 N–H and O–H groups in total. The van der Waals surface area contributed by atoms with Crippen LogP contribution >= 0.6 is 0 Å². The first-order valence-electron chi connectivity index (χ1n) is 5.58. The summed E-state index contributed by atoms with van der Waals surface area (Å²) in [6, 6.07) is 2.21. The zero-order chi connectivity index (χ0) is 12.4. The van der Waals surface area contributed by atoms with E-state index >= 15 is 0 Å². The molecule has 0 spiro atoms. The minimum absolute atomic E-state index is 0.234. The molecule has 2 heterocycles. The second kappa shape index (κ2) is 4.53. The summed E-state index contributed by atoms with van der Waals surface area (Å²) in [5.41, 5.74) is 2.14. The molecule has 0 fully saturated rings. The molecular formula is C12H17N5. The first kappa shape index (κ1) is 11.6. The molecule has 0 saturated heterocycles. The highest BCUT2D eigenvalue weighted by molar-refractivity contribution is 5.40. The van der Waals surface area contributed by atoms with Crippen LogP contribution in [0.25, 0.3) is 0 Å². The molecule has 17 heavy (non-hydrogen) atoms. The van der Waals surface area contributed by atoms with Gasteiger partial charge in [0.15, 0.2) is 0 Å². The van der Waals surface area contributed by atoms with Crippen molar-refractivity contribution in [3.8, 4) is 0 Å². The second-order valence-corrected chi connectivity index (χ2v) is 4.25. The van der Waals surface area contributed by atoms with Gasteiger partial charge in [0.2, 0.25) is 0 Å². The summed E-state index contributed by atoms with van der Waals surface area (Å²) < 4.78 is 1.81. The van der Waals surface area contributed by atoms with Gasteiger partial charge >= 0.3 is 0 Å². The molecule has 0 saturated carbocycles. The third-order valence-corrected chi connectivity index (χ3v) is 2.94. The average molecular weight is 231 g/mol. The number of aryl methyl sites for hydroxylation is 2. The Morgan fingerprint density at radius 1 is 1.35 bits per heavy atom. The maximum absolute atomic E-state index is 4.28. The maximum Gasteiger partial charge on any atom is 0.132 e. The van der Waals surface area contributed by atoms with Gasteiger partial charge in [0.25, 0.3) is 0 Å². The molecule has 2 aromatic heterocycles. The summed E-state index contributed by atoms with van der Waals surface area (Å²) in [6.45, 7) is 4.10. The molecule has 0 aliphatic heterocycles. The van der Waals surface area contributed by atoms with Crippen LogP contribution in [-0.2, 0) is 7.05 Å². The molecular weight excluding hydrogens is 214 g/mol. The fraction of sp³-hybridized carbons (Fsp3) is 0.417. The van der Waals surface area contributed by atoms with Crippen LogP contribution in [0.3, 0.4) is 0 Å². The van der Waals surface area contributed by atoms with Gasteiger partial charge < -0.3 is 4.90 Å². The van der Waals surface area contributed by atoms with Crippen LogP contribution in [0.5, 0.6) is 0 Å². The zero-order valence-electron chi connectivity index (χ0n) is 10.6. The fourth-order valence-corrected chi connectivity index (χ4v) is 1.71. The lowest BCUT2D eigenvalue weighted by Crippen LogP contribution is -2.22. The maximum atomic E-state index is 4.28. The molecule has 5 heteroatoms. The fourth-order valence-electron chi connectivity index (χ4n) is 1.71. The van der Waals surface area contributed by atoms with E-state index in [-0.39, 0.29) is 6.04 Å². The Morgan fingerprint density at radius 2 is 2.12 bits per heavy atom. The molecule has 0 aliphatic carbocycles. The van der Waals surface area contributed by atoms with Crippen molar-refractivity contribution in [3.63, 3.8) is 0 Å². The van der Waals surface area contributed by atoms with E-state index < -0.39 is 0 Å². The van der Waals surface area contributed by atoms with Crippen LogP contribution in [-0.4, -0.2) is 26.8 Å². The van der Waals surface area contributed by atoms with E-state index in [1.807, 2.05) is 44.2 Å². The van der Waals surface area contributed by atoms with Crippen LogP contribution in [0.4, 0.5) is 5.82 Å². The summed E-state index contributed by atoms with van der Waals surface area (Å²) in [6.07, 6.45) is 5.50. The lowest BCUT2D eigenvalue weighted by atomic mass is 10.1. The van der Waals surface area contributed by atoms with E-state index in [9.17, 15) is 0 Å². The lowest BCUT2D eigenvalue weighted by molar-refractivity contribution is 0.721. The van der Waals surface area contributed by atoms with E-state index in [0.717, 1.165) is 11.5 Å². The molecule has 0 radical (unpaired) electrons. The van der Waals surface area contributed by atoms with Gasteiger partial charge in [-0.05, 0) is 13.8 Å². The summed E-state index contributed by atoms with van der Waals surface area (Å²) in [5.74, 6) is 0.925. The van der Waals surface area contributed by atoms with E-state index in [2.05, 4.69) is 26.9 Å². The first-order chi connectivity index (χ1) is 8.08. The Balaban J connectivity index is 2.22. The molecule has 2 rings (SSSR count). The smallest absolute Gasteiger partial charge is 0.132 e. The standard InChI is InChI=1S/C12H17N5/c1-9-5-12(14-8-13-9)17(4)10(2)11-6-15-16(3)7-11/h5-8,10H,1-4H3/t10-/m1/s1. The van der Waals surface area contributed by atoms with Crippen LogP contribution in [0.1, 0.15) is 24.2 Å². The molecule has 0 unspecified atom stereocenters. The largest absolute Gasteiger partial charge is 0.353 e. The highest BCUT2D eigenvalue weighted by Crippen LogP contribution is 2.22. The van der Waals surface area contributed by atoms with Gasteiger partial charge in [0.1, 0.15) is 12.1 Å².